The molecule has 2 aromatic carbocycles. The molecule has 1 amide bonds. The number of ether oxygens (including phenoxy) is 1. The van der Waals surface area contributed by atoms with Crippen molar-refractivity contribution in [3.05, 3.63) is 59.7 Å². The molecule has 0 spiro atoms. The number of hydrogen-bond acceptors (Lipinski definition) is 3. The number of nitrogens with zero attached hydrogens (tertiary/aromatic N) is 1. The second-order valence-electron chi connectivity index (χ2n) is 5.95. The highest BCUT2D eigenvalue weighted by Crippen LogP contribution is 2.42. The highest BCUT2D eigenvalue weighted by molar-refractivity contribution is 6.02. The number of carbonyl (C=O) groups is 1. The van der Waals surface area contributed by atoms with Gasteiger partial charge in [-0.15, -0.1) is 0 Å². The van der Waals surface area contributed by atoms with Crippen LogP contribution in [0.3, 0.4) is 0 Å². The number of benzene rings is 2. The molecule has 2 aliphatic rings. The molecule has 1 fully saturated rings. The fourth-order valence-corrected chi connectivity index (χ4v) is 3.14. The van der Waals surface area contributed by atoms with Crippen LogP contribution in [-0.4, -0.2) is 23.5 Å². The van der Waals surface area contributed by atoms with Crippen LogP contribution in [0.4, 0.5) is 14.5 Å². The molecule has 1 atom stereocenters. The Morgan fingerprint density at radius 3 is 2.54 bits per heavy atom. The molecule has 1 saturated carbocycles. The third-order valence-electron chi connectivity index (χ3n) is 4.33. The van der Waals surface area contributed by atoms with Crippen molar-refractivity contribution in [2.24, 2.45) is 0 Å². The third kappa shape index (κ3) is 2.58. The van der Waals surface area contributed by atoms with Crippen LogP contribution in [0, 0.1) is 0 Å². The van der Waals surface area contributed by atoms with Gasteiger partial charge in [0, 0.05) is 17.3 Å². The number of rotatable bonds is 4. The van der Waals surface area contributed by atoms with Gasteiger partial charge in [0.05, 0.1) is 5.56 Å². The van der Waals surface area contributed by atoms with Crippen molar-refractivity contribution < 1.29 is 18.3 Å². The normalized spacial score (nSPS) is 19.9. The number of hydrogen-bond donors (Lipinski definition) is 1. The molecular formula is C18H16F2N2O2. The van der Waals surface area contributed by atoms with E-state index in [1.54, 1.807) is 29.2 Å². The molecule has 4 nitrogen and oxygen atoms in total. The molecule has 6 heteroatoms. The summed E-state index contributed by atoms with van der Waals surface area (Å²) >= 11 is 0. The average molecular weight is 330 g/mol. The first-order chi connectivity index (χ1) is 11.6. The minimum Gasteiger partial charge on any atom is -0.434 e. The lowest BCUT2D eigenvalue weighted by atomic mass is 10.0. The van der Waals surface area contributed by atoms with Gasteiger partial charge in [-0.25, -0.2) is 0 Å². The number of carbonyl (C=O) groups excluding carboxylic acids is 1. The molecule has 2 aromatic rings. The molecule has 1 N–H and O–H groups in total. The largest absolute Gasteiger partial charge is 0.434 e. The SMILES string of the molecule is O=C1c2ccccc2N[C@@H](c2ccccc2OC(F)F)N1C1CC1. The van der Waals surface area contributed by atoms with E-state index in [1.165, 1.54) is 6.07 Å². The molecule has 1 aliphatic heterocycles. The highest BCUT2D eigenvalue weighted by atomic mass is 19.3. The van der Waals surface area contributed by atoms with Crippen molar-refractivity contribution >= 4 is 11.6 Å². The van der Waals surface area contributed by atoms with Gasteiger partial charge < -0.3 is 15.0 Å². The average Bonchev–Trinajstić information content (AvgIpc) is 3.39. The standard InChI is InChI=1S/C18H16F2N2O2/c19-18(20)24-15-8-4-2-6-13(15)16-21-14-7-3-1-5-12(14)17(23)22(16)11-9-10-11/h1-8,11,16,18,21H,9-10H2/t16-/m1/s1. The number of anilines is 1. The van der Waals surface area contributed by atoms with Crippen molar-refractivity contribution in [1.82, 2.24) is 4.90 Å². The first-order valence-corrected chi connectivity index (χ1v) is 7.87. The summed E-state index contributed by atoms with van der Waals surface area (Å²) in [5.74, 6) is 0.00605. The fraction of sp³-hybridized carbons (Fsp3) is 0.278. The zero-order valence-electron chi connectivity index (χ0n) is 12.8. The van der Waals surface area contributed by atoms with Gasteiger partial charge in [-0.05, 0) is 31.0 Å². The summed E-state index contributed by atoms with van der Waals surface area (Å²) in [6, 6.07) is 14.0. The van der Waals surface area contributed by atoms with Crippen molar-refractivity contribution in [3.63, 3.8) is 0 Å². The summed E-state index contributed by atoms with van der Waals surface area (Å²) in [6.07, 6.45) is 1.32. The maximum absolute atomic E-state index is 12.9. The van der Waals surface area contributed by atoms with E-state index >= 15 is 0 Å². The third-order valence-corrected chi connectivity index (χ3v) is 4.33. The minimum atomic E-state index is -2.91. The van der Waals surface area contributed by atoms with Crippen LogP contribution >= 0.6 is 0 Å². The van der Waals surface area contributed by atoms with Crippen LogP contribution in [0.5, 0.6) is 5.75 Å². The summed E-state index contributed by atoms with van der Waals surface area (Å²) < 4.78 is 30.1. The Kier molecular flexibility index (Phi) is 3.59. The van der Waals surface area contributed by atoms with Gasteiger partial charge in [0.2, 0.25) is 0 Å². The van der Waals surface area contributed by atoms with E-state index in [4.69, 9.17) is 0 Å². The van der Waals surface area contributed by atoms with Crippen molar-refractivity contribution in [2.45, 2.75) is 31.7 Å². The Labute approximate surface area is 138 Å². The topological polar surface area (TPSA) is 41.6 Å². The molecule has 0 saturated heterocycles. The molecule has 124 valence electrons. The summed E-state index contributed by atoms with van der Waals surface area (Å²) in [6.45, 7) is -2.91. The van der Waals surface area contributed by atoms with Crippen molar-refractivity contribution in [1.29, 1.82) is 0 Å². The Morgan fingerprint density at radius 1 is 1.08 bits per heavy atom. The van der Waals surface area contributed by atoms with Gasteiger partial charge in [-0.2, -0.15) is 8.78 Å². The summed E-state index contributed by atoms with van der Waals surface area (Å²) in [4.78, 5) is 14.7. The first kappa shape index (κ1) is 14.9. The second-order valence-corrected chi connectivity index (χ2v) is 5.95. The van der Waals surface area contributed by atoms with Crippen LogP contribution in [0.2, 0.25) is 0 Å². The van der Waals surface area contributed by atoms with Crippen molar-refractivity contribution in [3.8, 4) is 5.75 Å². The number of para-hydroxylation sites is 2. The number of nitrogens with one attached hydrogen (secondary N) is 1. The zero-order valence-corrected chi connectivity index (χ0v) is 12.8. The number of fused-ring (bicyclic) bond motifs is 1. The molecule has 0 unspecified atom stereocenters. The quantitative estimate of drug-likeness (QED) is 0.921. The first-order valence-electron chi connectivity index (χ1n) is 7.87. The van der Waals surface area contributed by atoms with Gasteiger partial charge in [0.15, 0.2) is 0 Å². The monoisotopic (exact) mass is 330 g/mol. The summed E-state index contributed by atoms with van der Waals surface area (Å²) in [5, 5.41) is 3.31. The molecular weight excluding hydrogens is 314 g/mol. The molecule has 0 bridgehead atoms. The lowest BCUT2D eigenvalue weighted by molar-refractivity contribution is -0.0509. The van der Waals surface area contributed by atoms with Crippen molar-refractivity contribution in [2.75, 3.05) is 5.32 Å². The predicted octanol–water partition coefficient (Wildman–Crippen LogP) is 4.02. The Hall–Kier alpha value is -2.63. The van der Waals surface area contributed by atoms with Gasteiger partial charge in [0.1, 0.15) is 11.9 Å². The van der Waals surface area contributed by atoms with Crippen LogP contribution in [0.25, 0.3) is 0 Å². The van der Waals surface area contributed by atoms with E-state index in [0.29, 0.717) is 16.8 Å². The maximum atomic E-state index is 12.9. The zero-order chi connectivity index (χ0) is 16.7. The van der Waals surface area contributed by atoms with E-state index < -0.39 is 12.8 Å². The van der Waals surface area contributed by atoms with E-state index in [0.717, 1.165) is 12.8 Å². The molecule has 24 heavy (non-hydrogen) atoms. The van der Waals surface area contributed by atoms with Crippen LogP contribution in [0.1, 0.15) is 34.9 Å². The van der Waals surface area contributed by atoms with Crippen LogP contribution in [0.15, 0.2) is 48.5 Å². The smallest absolute Gasteiger partial charge is 0.387 e. The van der Waals surface area contributed by atoms with E-state index in [2.05, 4.69) is 10.1 Å². The molecule has 4 rings (SSSR count). The second kappa shape index (κ2) is 5.78. The van der Waals surface area contributed by atoms with Gasteiger partial charge in [0.25, 0.3) is 5.91 Å². The molecule has 0 radical (unpaired) electrons. The molecule has 1 aliphatic carbocycles. The highest BCUT2D eigenvalue weighted by Gasteiger charge is 2.42. The number of amides is 1. The minimum absolute atomic E-state index is 0.0799. The van der Waals surface area contributed by atoms with Gasteiger partial charge in [-0.3, -0.25) is 4.79 Å². The summed E-state index contributed by atoms with van der Waals surface area (Å²) in [7, 11) is 0. The van der Waals surface area contributed by atoms with Gasteiger partial charge in [-0.1, -0.05) is 30.3 Å². The Morgan fingerprint density at radius 2 is 1.79 bits per heavy atom. The van der Waals surface area contributed by atoms with Crippen LogP contribution in [-0.2, 0) is 0 Å². The van der Waals surface area contributed by atoms with E-state index in [1.807, 2.05) is 18.2 Å². The Balaban J connectivity index is 1.78. The molecule has 1 heterocycles. The Bertz CT molecular complexity index is 777. The van der Waals surface area contributed by atoms with E-state index in [-0.39, 0.29) is 17.7 Å². The summed E-state index contributed by atoms with van der Waals surface area (Å²) in [5.41, 5.74) is 1.84. The van der Waals surface area contributed by atoms with Gasteiger partial charge >= 0.3 is 6.61 Å². The van der Waals surface area contributed by atoms with E-state index in [9.17, 15) is 13.6 Å². The maximum Gasteiger partial charge on any atom is 0.387 e. The predicted molar refractivity (Wildman–Crippen MR) is 85.1 cm³/mol. The number of halogens is 2. The lowest BCUT2D eigenvalue weighted by Gasteiger charge is -2.38. The lowest BCUT2D eigenvalue weighted by Crippen LogP contribution is -2.44. The fourth-order valence-electron chi connectivity index (χ4n) is 3.14. The molecule has 0 aromatic heterocycles. The van der Waals surface area contributed by atoms with Crippen LogP contribution < -0.4 is 10.1 Å². The number of alkyl halides is 2.